The van der Waals surface area contributed by atoms with Crippen molar-refractivity contribution in [3.63, 3.8) is 0 Å². The number of aromatic nitrogens is 2. The average molecular weight is 416 g/mol. The zero-order valence-electron chi connectivity index (χ0n) is 17.3. The van der Waals surface area contributed by atoms with Crippen LogP contribution in [0.15, 0.2) is 41.7 Å². The first-order valence-corrected chi connectivity index (χ1v) is 11.0. The van der Waals surface area contributed by atoms with Crippen LogP contribution >= 0.6 is 11.8 Å². The van der Waals surface area contributed by atoms with Crippen LogP contribution in [0.4, 0.5) is 11.5 Å². The largest absolute Gasteiger partial charge is 0.497 e. The van der Waals surface area contributed by atoms with Crippen molar-refractivity contribution in [1.29, 1.82) is 0 Å². The Morgan fingerprint density at radius 3 is 2.52 bits per heavy atom. The number of rotatable bonds is 8. The number of nitrogens with zero attached hydrogens (tertiary/aromatic N) is 4. The quantitative estimate of drug-likeness (QED) is 0.525. The maximum atomic E-state index is 12.0. The summed E-state index contributed by atoms with van der Waals surface area (Å²) in [5, 5.41) is 3.80. The summed E-state index contributed by atoms with van der Waals surface area (Å²) < 4.78 is 5.23. The van der Waals surface area contributed by atoms with Crippen LogP contribution in [-0.2, 0) is 4.79 Å². The maximum Gasteiger partial charge on any atom is 0.230 e. The number of hydrogen-bond acceptors (Lipinski definition) is 7. The zero-order valence-corrected chi connectivity index (χ0v) is 18.1. The normalized spacial score (nSPS) is 15.1. The molecule has 1 amide bonds. The molecule has 0 radical (unpaired) electrons. The van der Waals surface area contributed by atoms with Gasteiger partial charge in [0.1, 0.15) is 22.9 Å². The van der Waals surface area contributed by atoms with E-state index in [-0.39, 0.29) is 11.9 Å². The van der Waals surface area contributed by atoms with Crippen molar-refractivity contribution in [2.75, 3.05) is 48.8 Å². The van der Waals surface area contributed by atoms with Crippen molar-refractivity contribution >= 4 is 29.2 Å². The fourth-order valence-electron chi connectivity index (χ4n) is 3.13. The number of carbonyl (C=O) groups is 1. The van der Waals surface area contributed by atoms with Crippen LogP contribution in [-0.4, -0.2) is 61.0 Å². The van der Waals surface area contributed by atoms with Gasteiger partial charge in [-0.25, -0.2) is 9.97 Å². The molecule has 1 saturated heterocycles. The summed E-state index contributed by atoms with van der Waals surface area (Å²) in [4.78, 5) is 25.4. The predicted octanol–water partition coefficient (Wildman–Crippen LogP) is 2.82. The molecule has 0 unspecified atom stereocenters. The molecular formula is C21H29N5O2S. The summed E-state index contributed by atoms with van der Waals surface area (Å²) in [5.41, 5.74) is 1.21. The van der Waals surface area contributed by atoms with Crippen LogP contribution in [0.2, 0.25) is 0 Å². The zero-order chi connectivity index (χ0) is 20.6. The van der Waals surface area contributed by atoms with Gasteiger partial charge in [-0.1, -0.05) is 18.7 Å². The minimum absolute atomic E-state index is 0.0395. The second-order valence-electron chi connectivity index (χ2n) is 7.05. The van der Waals surface area contributed by atoms with Gasteiger partial charge in [0, 0.05) is 44.0 Å². The van der Waals surface area contributed by atoms with Crippen molar-refractivity contribution in [1.82, 2.24) is 15.3 Å². The van der Waals surface area contributed by atoms with Gasteiger partial charge >= 0.3 is 0 Å². The smallest absolute Gasteiger partial charge is 0.230 e. The number of hydrogen-bond donors (Lipinski definition) is 1. The average Bonchev–Trinajstić information content (AvgIpc) is 2.78. The number of amides is 1. The number of methoxy groups -OCH3 is 1. The van der Waals surface area contributed by atoms with E-state index in [0.717, 1.165) is 49.2 Å². The number of carbonyl (C=O) groups excluding carboxylic acids is 1. The molecule has 0 spiro atoms. The van der Waals surface area contributed by atoms with E-state index >= 15 is 0 Å². The highest BCUT2D eigenvalue weighted by Gasteiger charge is 2.19. The Morgan fingerprint density at radius 2 is 1.86 bits per heavy atom. The van der Waals surface area contributed by atoms with E-state index in [1.807, 2.05) is 25.1 Å². The Bertz CT molecular complexity index is 794. The lowest BCUT2D eigenvalue weighted by molar-refractivity contribution is -0.119. The summed E-state index contributed by atoms with van der Waals surface area (Å²) in [6.45, 7) is 7.70. The van der Waals surface area contributed by atoms with Gasteiger partial charge in [-0.15, -0.1) is 0 Å². The molecule has 1 N–H and O–H groups in total. The molecule has 0 saturated carbocycles. The lowest BCUT2D eigenvalue weighted by Gasteiger charge is -2.36. The van der Waals surface area contributed by atoms with Gasteiger partial charge in [0.2, 0.25) is 5.91 Å². The van der Waals surface area contributed by atoms with Crippen molar-refractivity contribution in [3.05, 3.63) is 36.7 Å². The molecule has 3 rings (SSSR count). The van der Waals surface area contributed by atoms with Crippen LogP contribution in [0.1, 0.15) is 20.3 Å². The molecule has 1 aromatic carbocycles. The molecule has 8 heteroatoms. The van der Waals surface area contributed by atoms with Crippen LogP contribution in [0.5, 0.6) is 5.75 Å². The first-order valence-electron chi connectivity index (χ1n) is 9.97. The fourth-order valence-corrected chi connectivity index (χ4v) is 3.80. The molecule has 29 heavy (non-hydrogen) atoms. The summed E-state index contributed by atoms with van der Waals surface area (Å²) in [5.74, 6) is 2.19. The Balaban J connectivity index is 1.52. The molecule has 1 aromatic heterocycles. The van der Waals surface area contributed by atoms with Crippen molar-refractivity contribution in [2.45, 2.75) is 31.3 Å². The van der Waals surface area contributed by atoms with E-state index < -0.39 is 0 Å². The molecule has 156 valence electrons. The molecule has 1 aliphatic heterocycles. The fraction of sp³-hybridized carbons (Fsp3) is 0.476. The van der Waals surface area contributed by atoms with Crippen molar-refractivity contribution in [2.24, 2.45) is 0 Å². The summed E-state index contributed by atoms with van der Waals surface area (Å²) in [6.07, 6.45) is 2.51. The van der Waals surface area contributed by atoms with E-state index in [2.05, 4.69) is 44.1 Å². The predicted molar refractivity (Wildman–Crippen MR) is 118 cm³/mol. The van der Waals surface area contributed by atoms with Crippen LogP contribution in [0, 0.1) is 0 Å². The van der Waals surface area contributed by atoms with Crippen LogP contribution in [0.25, 0.3) is 0 Å². The van der Waals surface area contributed by atoms with E-state index in [4.69, 9.17) is 4.74 Å². The van der Waals surface area contributed by atoms with Crippen molar-refractivity contribution in [3.8, 4) is 5.75 Å². The second kappa shape index (κ2) is 10.3. The third-order valence-corrected chi connectivity index (χ3v) is 5.97. The molecule has 2 heterocycles. The standard InChI is InChI=1S/C21H29N5O2S/c1-4-16(2)24-20(27)14-29-21-13-19(22-15-23-21)26-11-9-25(10-12-26)17-5-7-18(28-3)8-6-17/h5-8,13,15-16H,4,9-12,14H2,1-3H3,(H,24,27)/t16-/m0/s1. The molecule has 1 aliphatic rings. The highest BCUT2D eigenvalue weighted by atomic mass is 32.2. The maximum absolute atomic E-state index is 12.0. The van der Waals surface area contributed by atoms with E-state index in [1.165, 1.54) is 17.4 Å². The Morgan fingerprint density at radius 1 is 1.17 bits per heavy atom. The van der Waals surface area contributed by atoms with E-state index in [1.54, 1.807) is 13.4 Å². The molecule has 1 atom stereocenters. The monoisotopic (exact) mass is 415 g/mol. The van der Waals surface area contributed by atoms with Gasteiger partial charge in [0.05, 0.1) is 12.9 Å². The van der Waals surface area contributed by atoms with Gasteiger partial charge in [-0.2, -0.15) is 0 Å². The van der Waals surface area contributed by atoms with Crippen LogP contribution < -0.4 is 19.9 Å². The van der Waals surface area contributed by atoms with Gasteiger partial charge in [-0.3, -0.25) is 4.79 Å². The number of ether oxygens (including phenoxy) is 1. The van der Waals surface area contributed by atoms with Gasteiger partial charge in [0.25, 0.3) is 0 Å². The number of thioether (sulfide) groups is 1. The molecule has 1 fully saturated rings. The van der Waals surface area contributed by atoms with Crippen LogP contribution in [0.3, 0.4) is 0 Å². The molecule has 7 nitrogen and oxygen atoms in total. The Kier molecular flexibility index (Phi) is 7.57. The SMILES string of the molecule is CC[C@H](C)NC(=O)CSc1cc(N2CCN(c3ccc(OC)cc3)CC2)ncn1. The first kappa shape index (κ1) is 21.2. The van der Waals surface area contributed by atoms with Gasteiger partial charge < -0.3 is 19.9 Å². The minimum Gasteiger partial charge on any atom is -0.497 e. The molecule has 2 aromatic rings. The second-order valence-corrected chi connectivity index (χ2v) is 8.05. The molecule has 0 bridgehead atoms. The molecule has 0 aliphatic carbocycles. The highest BCUT2D eigenvalue weighted by molar-refractivity contribution is 7.99. The first-order chi connectivity index (χ1) is 14.1. The summed E-state index contributed by atoms with van der Waals surface area (Å²) in [6, 6.07) is 10.4. The number of piperazine rings is 1. The van der Waals surface area contributed by atoms with E-state index in [0.29, 0.717) is 5.75 Å². The number of nitrogens with one attached hydrogen (secondary N) is 1. The topological polar surface area (TPSA) is 70.6 Å². The third-order valence-electron chi connectivity index (χ3n) is 5.04. The van der Waals surface area contributed by atoms with E-state index in [9.17, 15) is 4.79 Å². The van der Waals surface area contributed by atoms with Gasteiger partial charge in [-0.05, 0) is 37.6 Å². The molecular weight excluding hydrogens is 386 g/mol. The lowest BCUT2D eigenvalue weighted by Crippen LogP contribution is -2.46. The van der Waals surface area contributed by atoms with Crippen molar-refractivity contribution < 1.29 is 9.53 Å². The highest BCUT2D eigenvalue weighted by Crippen LogP contribution is 2.24. The van der Waals surface area contributed by atoms with Gasteiger partial charge in [0.15, 0.2) is 0 Å². The third kappa shape index (κ3) is 6.00. The minimum atomic E-state index is 0.0395. The number of anilines is 2. The number of benzene rings is 1. The lowest BCUT2D eigenvalue weighted by atomic mass is 10.2. The Hall–Kier alpha value is -2.48. The Labute approximate surface area is 176 Å². The summed E-state index contributed by atoms with van der Waals surface area (Å²) in [7, 11) is 1.68. The summed E-state index contributed by atoms with van der Waals surface area (Å²) >= 11 is 1.45.